The second-order valence-corrected chi connectivity index (χ2v) is 2.37. The first kappa shape index (κ1) is 11.8. The molecule has 1 heterocycles. The van der Waals surface area contributed by atoms with E-state index in [9.17, 15) is 4.79 Å². The van der Waals surface area contributed by atoms with Gasteiger partial charge in [-0.05, 0) is 13.0 Å². The smallest absolute Gasteiger partial charge is 0.328 e. The normalized spacial score (nSPS) is 11.2. The molecule has 0 saturated heterocycles. The van der Waals surface area contributed by atoms with Crippen LogP contribution in [0.2, 0.25) is 0 Å². The van der Waals surface area contributed by atoms with E-state index >= 15 is 0 Å². The summed E-state index contributed by atoms with van der Waals surface area (Å²) in [5, 5.41) is 2.83. The first-order chi connectivity index (χ1) is 5.74. The van der Waals surface area contributed by atoms with E-state index in [0.717, 1.165) is 0 Å². The average molecular weight is 206 g/mol. The van der Waals surface area contributed by atoms with Crippen LogP contribution in [0.25, 0.3) is 0 Å². The second-order valence-electron chi connectivity index (χ2n) is 2.37. The lowest BCUT2D eigenvalue weighted by Gasteiger charge is -2.09. The highest BCUT2D eigenvalue weighted by Crippen LogP contribution is 2.08. The van der Waals surface area contributed by atoms with E-state index < -0.39 is 0 Å². The topological polar surface area (TPSA) is 51.5 Å². The number of esters is 1. The summed E-state index contributed by atoms with van der Waals surface area (Å²) in [5.41, 5.74) is 0. The molecule has 0 aliphatic carbocycles. The number of hydrogen-bond donors (Lipinski definition) is 1. The van der Waals surface area contributed by atoms with E-state index in [2.05, 4.69) is 10.1 Å². The van der Waals surface area contributed by atoms with E-state index in [1.54, 1.807) is 19.1 Å². The number of halogens is 1. The molecule has 1 aromatic heterocycles. The summed E-state index contributed by atoms with van der Waals surface area (Å²) < 4.78 is 9.50. The SMILES string of the molecule is COC(=O)[C@H](C)Nc1ccco1.Cl. The van der Waals surface area contributed by atoms with Crippen LogP contribution >= 0.6 is 12.4 Å². The summed E-state index contributed by atoms with van der Waals surface area (Å²) in [6.07, 6.45) is 1.53. The molecule has 0 amide bonds. The molecule has 5 heteroatoms. The number of anilines is 1. The average Bonchev–Trinajstić information content (AvgIpc) is 2.55. The van der Waals surface area contributed by atoms with Gasteiger partial charge in [-0.1, -0.05) is 0 Å². The van der Waals surface area contributed by atoms with Crippen molar-refractivity contribution in [1.82, 2.24) is 0 Å². The van der Waals surface area contributed by atoms with Gasteiger partial charge in [0.15, 0.2) is 5.88 Å². The number of methoxy groups -OCH3 is 1. The molecular formula is C8H12ClNO3. The summed E-state index contributed by atoms with van der Waals surface area (Å²) in [6.45, 7) is 1.70. The van der Waals surface area contributed by atoms with E-state index in [0.29, 0.717) is 5.88 Å². The Bertz CT molecular complexity index is 248. The lowest BCUT2D eigenvalue weighted by molar-refractivity contribution is -0.141. The molecule has 0 bridgehead atoms. The third-order valence-electron chi connectivity index (χ3n) is 1.43. The minimum absolute atomic E-state index is 0. The van der Waals surface area contributed by atoms with Crippen LogP contribution in [0.4, 0.5) is 5.88 Å². The summed E-state index contributed by atoms with van der Waals surface area (Å²) in [5.74, 6) is 0.249. The van der Waals surface area contributed by atoms with Crippen molar-refractivity contribution >= 4 is 24.3 Å². The van der Waals surface area contributed by atoms with Crippen molar-refractivity contribution in [2.45, 2.75) is 13.0 Å². The van der Waals surface area contributed by atoms with Crippen LogP contribution in [-0.4, -0.2) is 19.1 Å². The highest BCUT2D eigenvalue weighted by atomic mass is 35.5. The van der Waals surface area contributed by atoms with Crippen LogP contribution < -0.4 is 5.32 Å². The van der Waals surface area contributed by atoms with Gasteiger partial charge in [0.1, 0.15) is 6.04 Å². The van der Waals surface area contributed by atoms with Gasteiger partial charge in [0, 0.05) is 6.07 Å². The molecule has 0 saturated carbocycles. The van der Waals surface area contributed by atoms with E-state index in [1.165, 1.54) is 13.4 Å². The molecule has 0 unspecified atom stereocenters. The molecule has 0 aromatic carbocycles. The molecule has 0 aliphatic rings. The minimum atomic E-state index is -0.388. The Labute approximate surface area is 82.7 Å². The molecule has 0 radical (unpaired) electrons. The standard InChI is InChI=1S/C8H11NO3.ClH/c1-6(8(10)11-2)9-7-4-3-5-12-7;/h3-6,9H,1-2H3;1H/t6-;/m0./s1. The van der Waals surface area contributed by atoms with Gasteiger partial charge in [-0.15, -0.1) is 12.4 Å². The van der Waals surface area contributed by atoms with Crippen molar-refractivity contribution in [2.24, 2.45) is 0 Å². The van der Waals surface area contributed by atoms with Gasteiger partial charge in [-0.25, -0.2) is 4.79 Å². The Kier molecular flexibility index (Phi) is 4.99. The van der Waals surface area contributed by atoms with Gasteiger partial charge in [0.05, 0.1) is 13.4 Å². The number of furan rings is 1. The summed E-state index contributed by atoms with van der Waals surface area (Å²) in [6, 6.07) is 3.09. The van der Waals surface area contributed by atoms with Gasteiger partial charge >= 0.3 is 5.97 Å². The van der Waals surface area contributed by atoms with Crippen LogP contribution in [0.5, 0.6) is 0 Å². The van der Waals surface area contributed by atoms with Crippen molar-refractivity contribution in [3.8, 4) is 0 Å². The van der Waals surface area contributed by atoms with Crippen LogP contribution in [0.15, 0.2) is 22.8 Å². The second kappa shape index (κ2) is 5.48. The van der Waals surface area contributed by atoms with Crippen molar-refractivity contribution in [3.63, 3.8) is 0 Å². The zero-order chi connectivity index (χ0) is 8.97. The van der Waals surface area contributed by atoms with Crippen molar-refractivity contribution in [2.75, 3.05) is 12.4 Å². The fourth-order valence-corrected chi connectivity index (χ4v) is 0.810. The van der Waals surface area contributed by atoms with Crippen LogP contribution in [0.3, 0.4) is 0 Å². The summed E-state index contributed by atoms with van der Waals surface area (Å²) >= 11 is 0. The van der Waals surface area contributed by atoms with Crippen LogP contribution in [-0.2, 0) is 9.53 Å². The fourth-order valence-electron chi connectivity index (χ4n) is 0.810. The molecule has 4 nitrogen and oxygen atoms in total. The number of hydrogen-bond acceptors (Lipinski definition) is 4. The van der Waals surface area contributed by atoms with Gasteiger partial charge in [-0.2, -0.15) is 0 Å². The Morgan fingerprint density at radius 2 is 2.38 bits per heavy atom. The van der Waals surface area contributed by atoms with Crippen molar-refractivity contribution in [3.05, 3.63) is 18.4 Å². The molecule has 0 spiro atoms. The van der Waals surface area contributed by atoms with Crippen molar-refractivity contribution < 1.29 is 13.9 Å². The van der Waals surface area contributed by atoms with Crippen LogP contribution in [0, 0.1) is 0 Å². The third kappa shape index (κ3) is 3.38. The number of ether oxygens (including phenoxy) is 1. The molecule has 1 rings (SSSR count). The molecule has 0 fully saturated rings. The molecule has 1 N–H and O–H groups in total. The molecule has 1 aromatic rings. The fraction of sp³-hybridized carbons (Fsp3) is 0.375. The Morgan fingerprint density at radius 1 is 1.69 bits per heavy atom. The summed E-state index contributed by atoms with van der Waals surface area (Å²) in [4.78, 5) is 10.9. The first-order valence-electron chi connectivity index (χ1n) is 3.62. The maximum Gasteiger partial charge on any atom is 0.328 e. The highest BCUT2D eigenvalue weighted by molar-refractivity contribution is 5.85. The molecule has 13 heavy (non-hydrogen) atoms. The monoisotopic (exact) mass is 205 g/mol. The van der Waals surface area contributed by atoms with Gasteiger partial charge < -0.3 is 14.5 Å². The number of carbonyl (C=O) groups is 1. The van der Waals surface area contributed by atoms with Gasteiger partial charge in [0.25, 0.3) is 0 Å². The maximum absolute atomic E-state index is 10.9. The largest absolute Gasteiger partial charge is 0.467 e. The predicted molar refractivity (Wildman–Crippen MR) is 51.1 cm³/mol. The Morgan fingerprint density at radius 3 is 2.85 bits per heavy atom. The zero-order valence-electron chi connectivity index (χ0n) is 7.44. The molecular weight excluding hydrogens is 194 g/mol. The first-order valence-corrected chi connectivity index (χ1v) is 3.62. The quantitative estimate of drug-likeness (QED) is 0.763. The van der Waals surface area contributed by atoms with Crippen LogP contribution in [0.1, 0.15) is 6.92 Å². The number of rotatable bonds is 3. The Hall–Kier alpha value is -1.16. The molecule has 74 valence electrons. The van der Waals surface area contributed by atoms with Crippen molar-refractivity contribution in [1.29, 1.82) is 0 Å². The van der Waals surface area contributed by atoms with E-state index in [1.807, 2.05) is 0 Å². The molecule has 0 aliphatic heterocycles. The van der Waals surface area contributed by atoms with Gasteiger partial charge in [-0.3, -0.25) is 0 Å². The Balaban J connectivity index is 0.00000144. The summed E-state index contributed by atoms with van der Waals surface area (Å²) in [7, 11) is 1.35. The van der Waals surface area contributed by atoms with E-state index in [-0.39, 0.29) is 24.4 Å². The van der Waals surface area contributed by atoms with E-state index in [4.69, 9.17) is 4.42 Å². The number of carbonyl (C=O) groups excluding carboxylic acids is 1. The minimum Gasteiger partial charge on any atom is -0.467 e. The number of nitrogens with one attached hydrogen (secondary N) is 1. The zero-order valence-corrected chi connectivity index (χ0v) is 8.26. The third-order valence-corrected chi connectivity index (χ3v) is 1.43. The lowest BCUT2D eigenvalue weighted by atomic mass is 10.3. The maximum atomic E-state index is 10.9. The molecule has 1 atom stereocenters. The highest BCUT2D eigenvalue weighted by Gasteiger charge is 2.12. The lowest BCUT2D eigenvalue weighted by Crippen LogP contribution is -2.26. The van der Waals surface area contributed by atoms with Gasteiger partial charge in [0.2, 0.25) is 0 Å². The predicted octanol–water partition coefficient (Wildman–Crippen LogP) is 1.67.